The second-order valence-electron chi connectivity index (χ2n) is 30.8. The molecule has 0 saturated carbocycles. The number of benzene rings is 7. The van der Waals surface area contributed by atoms with Crippen LogP contribution in [0.15, 0.2) is 127 Å². The summed E-state index contributed by atoms with van der Waals surface area (Å²) in [4.78, 5) is 138. The maximum atomic E-state index is 16.3. The lowest BCUT2D eigenvalue weighted by Gasteiger charge is -2.48. The van der Waals surface area contributed by atoms with Gasteiger partial charge >= 0.3 is 6.36 Å². The van der Waals surface area contributed by atoms with E-state index in [4.69, 9.17) is 62.2 Å². The largest absolute Gasteiger partial charge is 0.573 e. The number of alkyl halides is 3. The van der Waals surface area contributed by atoms with Crippen molar-refractivity contribution in [1.82, 2.24) is 48.0 Å². The fourth-order valence-electron chi connectivity index (χ4n) is 14.9. The molecule has 16 unspecified atom stereocenters. The molecule has 2 saturated heterocycles. The van der Waals surface area contributed by atoms with Gasteiger partial charge in [0.1, 0.15) is 101 Å². The number of anilines is 1. The average molecular weight is 1790 g/mol. The molecule has 7 aromatic rings. The number of nitrogens with one attached hydrogen (secondary N) is 10. The van der Waals surface area contributed by atoms with E-state index in [1.54, 1.807) is 45.0 Å². The number of primary amides is 1. The Labute approximate surface area is 719 Å². The molecule has 0 aliphatic carbocycles. The van der Waals surface area contributed by atoms with Gasteiger partial charge in [-0.3, -0.25) is 48.0 Å². The first kappa shape index (κ1) is 92.4. The molecule has 0 radical (unpaired) electrons. The molecule has 7 aromatic carbocycles. The van der Waals surface area contributed by atoms with Gasteiger partial charge in [-0.25, -0.2) is 5.48 Å². The number of aromatic hydroxyl groups is 3. The molecule has 0 spiro atoms. The quantitative estimate of drug-likeness (QED) is 0.0451. The predicted octanol–water partition coefficient (Wildman–Crippen LogP) is 4.07. The van der Waals surface area contributed by atoms with Gasteiger partial charge in [0.15, 0.2) is 23.9 Å². The molecule has 668 valence electrons. The van der Waals surface area contributed by atoms with Crippen LogP contribution in [0.3, 0.4) is 0 Å². The number of aliphatic hydroxyl groups is 6. The highest BCUT2D eigenvalue weighted by Gasteiger charge is 2.53. The number of fused-ring (bicyclic) bond motifs is 15. The number of halogens is 5. The summed E-state index contributed by atoms with van der Waals surface area (Å²) in [7, 11) is 1.46. The maximum Gasteiger partial charge on any atom is 0.573 e. The van der Waals surface area contributed by atoms with E-state index in [0.29, 0.717) is 5.56 Å². The summed E-state index contributed by atoms with van der Waals surface area (Å²) >= 11 is 14.4. The standard InChI is InChI=1S/C83H90Cl2F3N11O26/c1-7-118-99-80(117)63-46-28-43(101)29-52(103)60(46)45-23-38(13-18-51(45)102)61-76(113)98-65(79(116)96-63)67(106)40-15-20-54(48(85)25-40)121-56-27-41-26-55(120-53-19-14-39(24-47(53)84)66(105)64(97-74(111)49(90-6)21-34(2)3)78(115)93-50(30-58(89)104)75(112)94-62(41)77(114)95-61)70(56)124-81-71(69(108)68(107)57(33-100)122-81)123-59-31-82(5,72(109)35(4)119-59)91-32-36-9-8-10-42(22-36)92-73(110)37-11-16-44(17-12-37)125-83(86,87)88/h8-20,22-29,34-35,49-50,57,59,61-69,71-72,81,90-91,100-103,105-109H,7,21,30-33H2,1-6H3,(H2,89,104)(H,92,110)(H,93,115)(H,94,112)(H,95,114)(H,96,116)(H,97,111)(H,98,113)(H,99,117)/t35?,49?,50?,57?,59?,61?,62?,63-,64?,65?,66?,67?,68?,69?,71?,72?,81?,82-/m1/s1. The van der Waals surface area contributed by atoms with Crippen molar-refractivity contribution in [2.45, 2.75) is 176 Å². The SMILES string of the molecule is CCONC(=O)[C@@H]1NC(=O)C2NC(=O)C(NC(=O)C3NC(=O)C(CC(N)=O)NC(=O)C(NC(=O)C(CC(C)C)NC)C(O)c4ccc(c(Cl)c4)Oc4cc3cc(c4OC3OC(CO)C(O)C(O)C3OC3C[C@@](C)(NCc4cccc(NC(=O)c5ccc(OC(F)(F)F)cc5)c4)C(O)C(C)O3)Oc3ccc(cc3Cl)C2O)c2ccc(O)c(c2)-c2c(O)cc(O)cc21. The summed E-state index contributed by atoms with van der Waals surface area (Å²) in [5.74, 6) is -16.8. The lowest BCUT2D eigenvalue weighted by atomic mass is 9.84. The number of phenols is 3. The van der Waals surface area contributed by atoms with E-state index in [1.807, 2.05) is 0 Å². The second kappa shape index (κ2) is 38.8. The molecule has 7 aliphatic heterocycles. The number of aliphatic hydroxyl groups excluding tert-OH is 6. The minimum atomic E-state index is -4.97. The molecule has 14 rings (SSSR count). The van der Waals surface area contributed by atoms with Gasteiger partial charge in [0, 0.05) is 46.9 Å². The summed E-state index contributed by atoms with van der Waals surface area (Å²) in [6.45, 7) is 6.97. The number of ether oxygens (including phenoxy) is 7. The molecule has 0 aromatic heterocycles. The molecule has 125 heavy (non-hydrogen) atoms. The first-order chi connectivity index (χ1) is 59.2. The van der Waals surface area contributed by atoms with Gasteiger partial charge in [0.25, 0.3) is 11.8 Å². The minimum absolute atomic E-state index is 0.00968. The molecule has 7 aliphatic rings. The van der Waals surface area contributed by atoms with Crippen molar-refractivity contribution in [2.75, 3.05) is 25.6 Å². The van der Waals surface area contributed by atoms with Crippen LogP contribution < -0.4 is 78.0 Å². The summed E-state index contributed by atoms with van der Waals surface area (Å²) < 4.78 is 82.0. The Morgan fingerprint density at radius 3 is 1.97 bits per heavy atom. The number of rotatable bonds is 21. The molecule has 37 nitrogen and oxygen atoms in total. The maximum absolute atomic E-state index is 16.3. The van der Waals surface area contributed by atoms with Gasteiger partial charge < -0.3 is 133 Å². The van der Waals surface area contributed by atoms with Crippen LogP contribution in [0.5, 0.6) is 51.7 Å². The minimum Gasteiger partial charge on any atom is -0.508 e. The Morgan fingerprint density at radius 1 is 0.704 bits per heavy atom. The number of nitrogens with two attached hydrogens (primary N) is 1. The molecular weight excluding hydrogens is 1690 g/mol. The summed E-state index contributed by atoms with van der Waals surface area (Å²) in [5.41, 5.74) is 4.58. The van der Waals surface area contributed by atoms with Gasteiger partial charge in [-0.15, -0.1) is 13.2 Å². The number of carbonyl (C=O) groups is 9. The van der Waals surface area contributed by atoms with Crippen molar-refractivity contribution < 1.29 is 140 Å². The summed E-state index contributed by atoms with van der Waals surface area (Å²) in [5, 5.41) is 129. The highest BCUT2D eigenvalue weighted by atomic mass is 35.5. The molecular formula is C83H90Cl2F3N11O26. The van der Waals surface area contributed by atoms with Crippen LogP contribution in [0.2, 0.25) is 10.0 Å². The van der Waals surface area contributed by atoms with Crippen LogP contribution in [0, 0.1) is 5.92 Å². The fourth-order valence-corrected chi connectivity index (χ4v) is 15.4. The van der Waals surface area contributed by atoms with Gasteiger partial charge in [-0.2, -0.15) is 0 Å². The van der Waals surface area contributed by atoms with Gasteiger partial charge in [-0.1, -0.05) is 67.4 Å². The van der Waals surface area contributed by atoms with Gasteiger partial charge in [0.2, 0.25) is 53.4 Å². The highest BCUT2D eigenvalue weighted by molar-refractivity contribution is 6.32. The Kier molecular flexibility index (Phi) is 28.7. The van der Waals surface area contributed by atoms with Crippen molar-refractivity contribution in [1.29, 1.82) is 0 Å². The van der Waals surface area contributed by atoms with Crippen molar-refractivity contribution in [3.8, 4) is 62.9 Å². The van der Waals surface area contributed by atoms with Crippen molar-refractivity contribution >= 4 is 82.1 Å². The van der Waals surface area contributed by atoms with E-state index >= 15 is 24.0 Å². The first-order valence-electron chi connectivity index (χ1n) is 39.1. The molecule has 9 amide bonds. The third kappa shape index (κ3) is 21.3. The zero-order chi connectivity index (χ0) is 90.5. The van der Waals surface area contributed by atoms with Gasteiger partial charge in [0.05, 0.1) is 47.9 Å². The van der Waals surface area contributed by atoms with Crippen molar-refractivity contribution in [3.63, 3.8) is 0 Å². The van der Waals surface area contributed by atoms with Crippen LogP contribution in [-0.4, -0.2) is 205 Å². The zero-order valence-electron chi connectivity index (χ0n) is 67.2. The Bertz CT molecular complexity index is 5260. The monoisotopic (exact) mass is 1780 g/mol. The Hall–Kier alpha value is -11.7. The van der Waals surface area contributed by atoms with Crippen LogP contribution in [0.4, 0.5) is 18.9 Å². The van der Waals surface area contributed by atoms with E-state index in [-0.39, 0.29) is 65.6 Å². The van der Waals surface area contributed by atoms with E-state index in [2.05, 4.69) is 58.1 Å². The van der Waals surface area contributed by atoms with Crippen LogP contribution in [0.1, 0.15) is 128 Å². The summed E-state index contributed by atoms with van der Waals surface area (Å²) in [6, 6.07) is 10.0. The number of hydrogen-bond acceptors (Lipinski definition) is 28. The normalized spacial score (nSPS) is 26.0. The third-order valence-electron chi connectivity index (χ3n) is 21.3. The predicted molar refractivity (Wildman–Crippen MR) is 432 cm³/mol. The number of phenolic OH excluding ortho intramolecular Hbond substituents is 3. The van der Waals surface area contributed by atoms with E-state index in [0.717, 1.165) is 91.0 Å². The number of likely N-dealkylation sites (N-methyl/N-ethyl adjacent to an activating group) is 1. The van der Waals surface area contributed by atoms with E-state index in [9.17, 15) is 78.3 Å². The molecule has 11 bridgehead atoms. The second-order valence-corrected chi connectivity index (χ2v) is 31.6. The molecule has 18 atom stereocenters. The van der Waals surface area contributed by atoms with Crippen LogP contribution >= 0.6 is 23.2 Å². The lowest BCUT2D eigenvalue weighted by molar-refractivity contribution is -0.334. The number of hydrogen-bond donors (Lipinski definition) is 20. The molecule has 7 heterocycles. The third-order valence-corrected chi connectivity index (χ3v) is 21.9. The Balaban J connectivity index is 1.01. The first-order valence-corrected chi connectivity index (χ1v) is 39.8. The topological polar surface area (TPSA) is 556 Å². The molecule has 2 fully saturated rings. The van der Waals surface area contributed by atoms with E-state index < -0.39 is 260 Å². The zero-order valence-corrected chi connectivity index (χ0v) is 68.7. The number of hydroxylamine groups is 1. The van der Waals surface area contributed by atoms with Crippen LogP contribution in [-0.2, 0) is 63.9 Å². The van der Waals surface area contributed by atoms with E-state index in [1.165, 1.54) is 33.0 Å². The smallest absolute Gasteiger partial charge is 0.508 e. The summed E-state index contributed by atoms with van der Waals surface area (Å²) in [6.07, 6.45) is -24.6. The molecule has 42 heteroatoms. The van der Waals surface area contributed by atoms with Crippen LogP contribution in [0.25, 0.3) is 11.1 Å². The fraction of sp³-hybridized carbons (Fsp3) is 0.386. The highest BCUT2D eigenvalue weighted by Crippen LogP contribution is 2.50. The average Bonchev–Trinajstić information content (AvgIpc) is 0.761. The lowest BCUT2D eigenvalue weighted by Crippen LogP contribution is -2.65. The van der Waals surface area contributed by atoms with Crippen molar-refractivity contribution in [3.05, 3.63) is 176 Å². The van der Waals surface area contributed by atoms with Crippen molar-refractivity contribution in [2.24, 2.45) is 11.7 Å². The molecule has 21 N–H and O–H groups in total. The number of carbonyl (C=O) groups excluding carboxylic acids is 9. The number of amides is 9. The Morgan fingerprint density at radius 2 is 1.34 bits per heavy atom. The van der Waals surface area contributed by atoms with Gasteiger partial charge in [-0.05, 0) is 165 Å².